The molecule has 0 spiro atoms. The number of halogens is 2. The van der Waals surface area contributed by atoms with Gasteiger partial charge in [-0.1, -0.05) is 23.7 Å². The number of rotatable bonds is 2. The maximum atomic E-state index is 13.6. The molecule has 0 radical (unpaired) electrons. The number of benzene rings is 2. The van der Waals surface area contributed by atoms with Crippen molar-refractivity contribution in [2.24, 2.45) is 0 Å². The van der Waals surface area contributed by atoms with E-state index in [-0.39, 0.29) is 16.1 Å². The predicted octanol–water partition coefficient (Wildman–Crippen LogP) is 3.72. The summed E-state index contributed by atoms with van der Waals surface area (Å²) in [6.45, 7) is 0. The van der Waals surface area contributed by atoms with Gasteiger partial charge in [0.15, 0.2) is 0 Å². The molecule has 2 rings (SSSR count). The fourth-order valence-corrected chi connectivity index (χ4v) is 1.90. The molecule has 5 heteroatoms. The van der Waals surface area contributed by atoms with Crippen molar-refractivity contribution in [3.8, 4) is 17.2 Å². The van der Waals surface area contributed by atoms with Gasteiger partial charge in [0.25, 0.3) is 0 Å². The molecule has 0 aliphatic heterocycles. The lowest BCUT2D eigenvalue weighted by Gasteiger charge is -2.05. The topological polar surface area (TPSA) is 61.1 Å². The summed E-state index contributed by atoms with van der Waals surface area (Å²) in [7, 11) is 0. The van der Waals surface area contributed by atoms with Crippen LogP contribution in [0.4, 0.5) is 4.39 Å². The molecule has 0 aliphatic carbocycles. The quantitative estimate of drug-likeness (QED) is 0.909. The highest BCUT2D eigenvalue weighted by Gasteiger charge is 2.10. The van der Waals surface area contributed by atoms with Crippen LogP contribution in [-0.2, 0) is 0 Å². The second-order valence-corrected chi connectivity index (χ2v) is 4.22. The SMILES string of the molecule is N#Cc1c(F)cc(-c2ccc(C(=O)O)cc2)cc1Cl. The lowest BCUT2D eigenvalue weighted by atomic mass is 10.0. The van der Waals surface area contributed by atoms with Gasteiger partial charge in [0, 0.05) is 0 Å². The van der Waals surface area contributed by atoms with E-state index in [2.05, 4.69) is 0 Å². The zero-order chi connectivity index (χ0) is 14.0. The lowest BCUT2D eigenvalue weighted by molar-refractivity contribution is 0.0697. The fourth-order valence-electron chi connectivity index (χ4n) is 1.65. The van der Waals surface area contributed by atoms with Gasteiger partial charge < -0.3 is 5.11 Å². The Hall–Kier alpha value is -2.38. The number of carboxylic acids is 1. The molecule has 0 fully saturated rings. The largest absolute Gasteiger partial charge is 0.478 e. The monoisotopic (exact) mass is 275 g/mol. The van der Waals surface area contributed by atoms with Crippen molar-refractivity contribution in [2.75, 3.05) is 0 Å². The van der Waals surface area contributed by atoms with Crippen LogP contribution in [0.25, 0.3) is 11.1 Å². The Morgan fingerprint density at radius 1 is 1.21 bits per heavy atom. The summed E-state index contributed by atoms with van der Waals surface area (Å²) in [5, 5.41) is 17.5. The maximum Gasteiger partial charge on any atom is 0.335 e. The Labute approximate surface area is 113 Å². The van der Waals surface area contributed by atoms with Crippen LogP contribution in [0.5, 0.6) is 0 Å². The fraction of sp³-hybridized carbons (Fsp3) is 0. The summed E-state index contributed by atoms with van der Waals surface area (Å²) in [5.41, 5.74) is 1.05. The van der Waals surface area contributed by atoms with Gasteiger partial charge in [-0.15, -0.1) is 0 Å². The van der Waals surface area contributed by atoms with Gasteiger partial charge in [-0.3, -0.25) is 0 Å². The molecule has 1 N–H and O–H groups in total. The molecule has 19 heavy (non-hydrogen) atoms. The number of carbonyl (C=O) groups is 1. The summed E-state index contributed by atoms with van der Waals surface area (Å²) < 4.78 is 13.6. The molecule has 2 aromatic carbocycles. The Morgan fingerprint density at radius 2 is 1.84 bits per heavy atom. The van der Waals surface area contributed by atoms with Crippen LogP contribution in [0, 0.1) is 17.1 Å². The average Bonchev–Trinajstić information content (AvgIpc) is 2.38. The van der Waals surface area contributed by atoms with Crippen molar-refractivity contribution in [3.05, 3.63) is 58.4 Å². The number of hydrogen-bond donors (Lipinski definition) is 1. The van der Waals surface area contributed by atoms with Crippen molar-refractivity contribution < 1.29 is 14.3 Å². The van der Waals surface area contributed by atoms with Gasteiger partial charge in [-0.25, -0.2) is 9.18 Å². The standard InChI is InChI=1S/C14H7ClFNO2/c15-12-5-10(6-13(16)11(12)7-17)8-1-3-9(4-2-8)14(18)19/h1-6H,(H,18,19). The number of hydrogen-bond acceptors (Lipinski definition) is 2. The molecule has 3 nitrogen and oxygen atoms in total. The molecule has 0 amide bonds. The third kappa shape index (κ3) is 2.56. The van der Waals surface area contributed by atoms with Gasteiger partial charge in [0.1, 0.15) is 17.4 Å². The maximum absolute atomic E-state index is 13.6. The highest BCUT2D eigenvalue weighted by atomic mass is 35.5. The number of carboxylic acid groups (broad SMARTS) is 1. The van der Waals surface area contributed by atoms with E-state index in [0.717, 1.165) is 0 Å². The Balaban J connectivity index is 2.48. The van der Waals surface area contributed by atoms with Gasteiger partial charge in [0.05, 0.1) is 10.6 Å². The summed E-state index contributed by atoms with van der Waals surface area (Å²) in [5.74, 6) is -1.73. The van der Waals surface area contributed by atoms with E-state index in [9.17, 15) is 9.18 Å². The number of aromatic carboxylic acids is 1. The Bertz CT molecular complexity index is 667. The van der Waals surface area contributed by atoms with Crippen LogP contribution in [-0.4, -0.2) is 11.1 Å². The molecular formula is C14H7ClFNO2. The van der Waals surface area contributed by atoms with Crippen molar-refractivity contribution in [3.63, 3.8) is 0 Å². The Morgan fingerprint density at radius 3 is 2.32 bits per heavy atom. The molecule has 0 saturated carbocycles. The molecule has 0 atom stereocenters. The highest BCUT2D eigenvalue weighted by Crippen LogP contribution is 2.27. The van der Waals surface area contributed by atoms with Gasteiger partial charge in [-0.2, -0.15) is 5.26 Å². The lowest BCUT2D eigenvalue weighted by Crippen LogP contribution is -1.95. The summed E-state index contributed by atoms with van der Waals surface area (Å²) in [4.78, 5) is 10.7. The summed E-state index contributed by atoms with van der Waals surface area (Å²) >= 11 is 5.81. The predicted molar refractivity (Wildman–Crippen MR) is 68.5 cm³/mol. The van der Waals surface area contributed by atoms with Crippen molar-refractivity contribution in [1.29, 1.82) is 5.26 Å². The average molecular weight is 276 g/mol. The van der Waals surface area contributed by atoms with Gasteiger partial charge in [-0.05, 0) is 35.4 Å². The summed E-state index contributed by atoms with van der Waals surface area (Å²) in [6, 6.07) is 10.3. The first-order valence-corrected chi connectivity index (χ1v) is 5.63. The Kier molecular flexibility index (Phi) is 3.50. The first-order valence-electron chi connectivity index (χ1n) is 5.26. The van der Waals surface area contributed by atoms with E-state index in [4.69, 9.17) is 22.0 Å². The van der Waals surface area contributed by atoms with Gasteiger partial charge in [0.2, 0.25) is 0 Å². The molecule has 0 bridgehead atoms. The smallest absolute Gasteiger partial charge is 0.335 e. The van der Waals surface area contributed by atoms with Crippen LogP contribution in [0.2, 0.25) is 5.02 Å². The number of nitrogens with zero attached hydrogens (tertiary/aromatic N) is 1. The van der Waals surface area contributed by atoms with E-state index < -0.39 is 11.8 Å². The summed E-state index contributed by atoms with van der Waals surface area (Å²) in [6.07, 6.45) is 0. The molecule has 94 valence electrons. The molecule has 0 aliphatic rings. The van der Waals surface area contributed by atoms with Crippen molar-refractivity contribution >= 4 is 17.6 Å². The van der Waals surface area contributed by atoms with Gasteiger partial charge >= 0.3 is 5.97 Å². The molecule has 0 saturated heterocycles. The second-order valence-electron chi connectivity index (χ2n) is 3.81. The molecule has 0 aromatic heterocycles. The minimum Gasteiger partial charge on any atom is -0.478 e. The van der Waals surface area contributed by atoms with E-state index in [1.165, 1.54) is 24.3 Å². The zero-order valence-corrected chi connectivity index (χ0v) is 10.3. The molecule has 2 aromatic rings. The van der Waals surface area contributed by atoms with Crippen LogP contribution in [0.3, 0.4) is 0 Å². The molecule has 0 unspecified atom stereocenters. The minimum atomic E-state index is -1.03. The third-order valence-corrected chi connectivity index (χ3v) is 2.92. The van der Waals surface area contributed by atoms with Crippen molar-refractivity contribution in [2.45, 2.75) is 0 Å². The van der Waals surface area contributed by atoms with E-state index in [1.807, 2.05) is 0 Å². The van der Waals surface area contributed by atoms with Crippen molar-refractivity contribution in [1.82, 2.24) is 0 Å². The second kappa shape index (κ2) is 5.09. The van der Waals surface area contributed by atoms with E-state index >= 15 is 0 Å². The number of nitriles is 1. The van der Waals surface area contributed by atoms with Crippen LogP contribution in [0.15, 0.2) is 36.4 Å². The third-order valence-electron chi connectivity index (χ3n) is 2.62. The van der Waals surface area contributed by atoms with Crippen LogP contribution < -0.4 is 0 Å². The zero-order valence-electron chi connectivity index (χ0n) is 9.52. The normalized spacial score (nSPS) is 9.95. The van der Waals surface area contributed by atoms with E-state index in [1.54, 1.807) is 18.2 Å². The van der Waals surface area contributed by atoms with Crippen LogP contribution >= 0.6 is 11.6 Å². The van der Waals surface area contributed by atoms with E-state index in [0.29, 0.717) is 11.1 Å². The first kappa shape index (κ1) is 13.1. The van der Waals surface area contributed by atoms with Crippen LogP contribution in [0.1, 0.15) is 15.9 Å². The molecular weight excluding hydrogens is 269 g/mol. The first-order chi connectivity index (χ1) is 9.02. The molecule has 0 heterocycles. The minimum absolute atomic E-state index is 0.0276. The highest BCUT2D eigenvalue weighted by molar-refractivity contribution is 6.32.